The summed E-state index contributed by atoms with van der Waals surface area (Å²) < 4.78 is 5.49. The third kappa shape index (κ3) is 10.9. The number of para-hydroxylation sites is 1. The largest absolute Gasteiger partial charge is 0.444 e. The van der Waals surface area contributed by atoms with Gasteiger partial charge in [0.15, 0.2) is 0 Å². The monoisotopic (exact) mass is 603 g/mol. The van der Waals surface area contributed by atoms with Crippen LogP contribution in [-0.2, 0) is 14.3 Å². The highest BCUT2D eigenvalue weighted by atomic mass is 35.5. The van der Waals surface area contributed by atoms with Crippen molar-refractivity contribution in [3.05, 3.63) is 64.7 Å². The molecule has 0 radical (unpaired) electrons. The number of carbonyl (C=O) groups is 3. The number of halogens is 1. The number of nitrogens with zero attached hydrogens (tertiary/aromatic N) is 1. The molecular formula is C32H46ClN3O4S. The van der Waals surface area contributed by atoms with E-state index in [2.05, 4.69) is 24.5 Å². The van der Waals surface area contributed by atoms with Gasteiger partial charge in [0.25, 0.3) is 5.91 Å². The van der Waals surface area contributed by atoms with Crippen LogP contribution in [0.3, 0.4) is 0 Å². The van der Waals surface area contributed by atoms with Gasteiger partial charge in [0.05, 0.1) is 10.7 Å². The van der Waals surface area contributed by atoms with E-state index in [1.54, 1.807) is 43.5 Å². The Kier molecular flexibility index (Phi) is 13.5. The number of anilines is 1. The van der Waals surface area contributed by atoms with E-state index in [4.69, 9.17) is 16.3 Å². The molecule has 0 aliphatic carbocycles. The number of hydrogen-bond acceptors (Lipinski definition) is 5. The van der Waals surface area contributed by atoms with Crippen molar-refractivity contribution in [2.24, 2.45) is 5.92 Å². The zero-order chi connectivity index (χ0) is 30.7. The van der Waals surface area contributed by atoms with Gasteiger partial charge in [-0.15, -0.1) is 0 Å². The second kappa shape index (κ2) is 16.1. The molecule has 3 unspecified atom stereocenters. The number of amides is 3. The molecule has 3 atom stereocenters. The normalized spacial score (nSPS) is 13.7. The first-order valence-electron chi connectivity index (χ1n) is 14.2. The molecule has 0 aromatic heterocycles. The summed E-state index contributed by atoms with van der Waals surface area (Å²) in [7, 11) is 0. The minimum absolute atomic E-state index is 0.301. The van der Waals surface area contributed by atoms with Crippen LogP contribution < -0.4 is 10.6 Å². The number of nitrogens with one attached hydrogen (secondary N) is 2. The van der Waals surface area contributed by atoms with Gasteiger partial charge in [0.2, 0.25) is 5.91 Å². The number of ether oxygens (including phenoxy) is 1. The van der Waals surface area contributed by atoms with Crippen molar-refractivity contribution < 1.29 is 19.1 Å². The smallest absolute Gasteiger partial charge is 0.408 e. The lowest BCUT2D eigenvalue weighted by atomic mass is 9.96. The number of thioether (sulfide) groups is 1. The average Bonchev–Trinajstić information content (AvgIpc) is 2.89. The molecule has 0 aliphatic heterocycles. The fraction of sp³-hybridized carbons (Fsp3) is 0.531. The first kappa shape index (κ1) is 34.5. The van der Waals surface area contributed by atoms with Gasteiger partial charge in [-0.2, -0.15) is 11.8 Å². The maximum atomic E-state index is 14.5. The van der Waals surface area contributed by atoms with Crippen LogP contribution in [0.15, 0.2) is 48.5 Å². The van der Waals surface area contributed by atoms with Crippen molar-refractivity contribution in [2.75, 3.05) is 17.3 Å². The highest BCUT2D eigenvalue weighted by Crippen LogP contribution is 2.31. The summed E-state index contributed by atoms with van der Waals surface area (Å²) in [6.07, 6.45) is 3.22. The average molecular weight is 604 g/mol. The summed E-state index contributed by atoms with van der Waals surface area (Å²) in [5.41, 5.74) is 1.27. The molecule has 7 nitrogen and oxygen atoms in total. The van der Waals surface area contributed by atoms with Gasteiger partial charge in [-0.3, -0.25) is 9.59 Å². The molecule has 226 valence electrons. The van der Waals surface area contributed by atoms with E-state index < -0.39 is 23.8 Å². The summed E-state index contributed by atoms with van der Waals surface area (Å²) >= 11 is 8.05. The molecule has 0 saturated heterocycles. The van der Waals surface area contributed by atoms with Crippen molar-refractivity contribution in [1.29, 1.82) is 0 Å². The summed E-state index contributed by atoms with van der Waals surface area (Å²) in [5, 5.41) is 6.23. The number of aryl methyl sites for hydroxylation is 1. The van der Waals surface area contributed by atoms with E-state index in [0.29, 0.717) is 40.8 Å². The van der Waals surface area contributed by atoms with Gasteiger partial charge < -0.3 is 20.3 Å². The Hall–Kier alpha value is -2.71. The third-order valence-corrected chi connectivity index (χ3v) is 7.56. The molecule has 2 aromatic carbocycles. The molecule has 2 aromatic rings. The van der Waals surface area contributed by atoms with Crippen molar-refractivity contribution in [1.82, 2.24) is 10.2 Å². The number of rotatable bonds is 13. The molecule has 9 heteroatoms. The van der Waals surface area contributed by atoms with E-state index in [9.17, 15) is 14.4 Å². The standard InChI is InChI=1S/C32H46ClN3O4S/c1-21(2)17-18-23(4)36(30(38)26(19-20-41-8)34-31(39)40-32(5,6)7)28(24-14-10-9-11-15-24)29(37)35-27-22(3)13-12-16-25(27)33/h9-16,21,23,26,28H,17-20H2,1-8H3,(H,34,39)(H,35,37). The van der Waals surface area contributed by atoms with Crippen LogP contribution >= 0.6 is 23.4 Å². The van der Waals surface area contributed by atoms with Crippen LogP contribution in [0, 0.1) is 12.8 Å². The summed E-state index contributed by atoms with van der Waals surface area (Å²) in [6, 6.07) is 12.5. The quantitative estimate of drug-likeness (QED) is 0.246. The number of carbonyl (C=O) groups excluding carboxylic acids is 3. The minimum atomic E-state index is -0.959. The molecule has 0 fully saturated rings. The van der Waals surface area contributed by atoms with Crippen molar-refractivity contribution in [2.45, 2.75) is 91.5 Å². The number of benzene rings is 2. The van der Waals surface area contributed by atoms with Crippen molar-refractivity contribution in [3.8, 4) is 0 Å². The molecule has 2 N–H and O–H groups in total. The Bertz CT molecular complexity index is 1130. The Morgan fingerprint density at radius 1 is 0.976 bits per heavy atom. The van der Waals surface area contributed by atoms with Gasteiger partial charge >= 0.3 is 6.09 Å². The molecule has 0 spiro atoms. The lowest BCUT2D eigenvalue weighted by Gasteiger charge is -2.39. The summed E-state index contributed by atoms with van der Waals surface area (Å²) in [4.78, 5) is 43.1. The lowest BCUT2D eigenvalue weighted by molar-refractivity contribution is -0.143. The predicted molar refractivity (Wildman–Crippen MR) is 171 cm³/mol. The molecule has 0 bridgehead atoms. The van der Waals surface area contributed by atoms with Crippen LogP contribution in [0.1, 0.15) is 78.0 Å². The minimum Gasteiger partial charge on any atom is -0.444 e. The topological polar surface area (TPSA) is 87.7 Å². The van der Waals surface area contributed by atoms with E-state index >= 15 is 0 Å². The van der Waals surface area contributed by atoms with E-state index in [1.165, 1.54) is 0 Å². The van der Waals surface area contributed by atoms with E-state index in [0.717, 1.165) is 12.0 Å². The molecular weight excluding hydrogens is 558 g/mol. The Balaban J connectivity index is 2.61. The molecule has 0 aliphatic rings. The lowest BCUT2D eigenvalue weighted by Crippen LogP contribution is -2.55. The second-order valence-corrected chi connectivity index (χ2v) is 13.2. The molecule has 3 amide bonds. The first-order chi connectivity index (χ1) is 19.2. The Labute approximate surface area is 255 Å². The zero-order valence-corrected chi connectivity index (χ0v) is 27.2. The van der Waals surface area contributed by atoms with E-state index in [-0.39, 0.29) is 17.9 Å². The van der Waals surface area contributed by atoms with Gasteiger partial charge in [-0.05, 0) is 89.0 Å². The fourth-order valence-electron chi connectivity index (χ4n) is 4.49. The number of alkyl carbamates (subject to hydrolysis) is 1. The van der Waals surface area contributed by atoms with Gasteiger partial charge in [-0.1, -0.05) is 67.9 Å². The SMILES string of the molecule is CSCCC(NC(=O)OC(C)(C)C)C(=O)N(C(C)CCC(C)C)C(C(=O)Nc1c(C)cccc1Cl)c1ccccc1. The molecule has 0 heterocycles. The van der Waals surface area contributed by atoms with Crippen LogP contribution in [0.4, 0.5) is 10.5 Å². The summed E-state index contributed by atoms with van der Waals surface area (Å²) in [5.74, 6) is 0.344. The van der Waals surface area contributed by atoms with Gasteiger partial charge in [0.1, 0.15) is 17.7 Å². The molecule has 2 rings (SSSR count). The van der Waals surface area contributed by atoms with Crippen LogP contribution in [0.25, 0.3) is 0 Å². The highest BCUT2D eigenvalue weighted by molar-refractivity contribution is 7.98. The highest BCUT2D eigenvalue weighted by Gasteiger charge is 2.39. The van der Waals surface area contributed by atoms with Crippen molar-refractivity contribution in [3.63, 3.8) is 0 Å². The maximum Gasteiger partial charge on any atom is 0.408 e. The number of hydrogen-bond donors (Lipinski definition) is 2. The predicted octanol–water partition coefficient (Wildman–Crippen LogP) is 7.63. The first-order valence-corrected chi connectivity index (χ1v) is 15.9. The Morgan fingerprint density at radius 3 is 2.20 bits per heavy atom. The molecule has 41 heavy (non-hydrogen) atoms. The Morgan fingerprint density at radius 2 is 1.63 bits per heavy atom. The second-order valence-electron chi connectivity index (χ2n) is 11.8. The van der Waals surface area contributed by atoms with Crippen LogP contribution in [-0.4, -0.2) is 52.5 Å². The third-order valence-electron chi connectivity index (χ3n) is 6.60. The zero-order valence-electron chi connectivity index (χ0n) is 25.6. The van der Waals surface area contributed by atoms with Crippen LogP contribution in [0.2, 0.25) is 5.02 Å². The maximum absolute atomic E-state index is 14.5. The fourth-order valence-corrected chi connectivity index (χ4v) is 5.23. The van der Waals surface area contributed by atoms with Crippen LogP contribution in [0.5, 0.6) is 0 Å². The van der Waals surface area contributed by atoms with Gasteiger partial charge in [0, 0.05) is 6.04 Å². The van der Waals surface area contributed by atoms with E-state index in [1.807, 2.05) is 62.6 Å². The molecule has 0 saturated carbocycles. The summed E-state index contributed by atoms with van der Waals surface area (Å²) in [6.45, 7) is 13.4. The van der Waals surface area contributed by atoms with Crippen molar-refractivity contribution >= 4 is 47.0 Å². The van der Waals surface area contributed by atoms with Gasteiger partial charge in [-0.25, -0.2) is 4.79 Å².